The highest BCUT2D eigenvalue weighted by Gasteiger charge is 2.08. The Morgan fingerprint density at radius 3 is 2.79 bits per heavy atom. The molecular formula is C10H16N2O2. The first-order chi connectivity index (χ1) is 6.76. The van der Waals surface area contributed by atoms with Crippen LogP contribution in [0, 0.1) is 6.57 Å². The molecule has 0 aromatic rings. The van der Waals surface area contributed by atoms with Crippen LogP contribution in [0.3, 0.4) is 0 Å². The molecule has 4 nitrogen and oxygen atoms in total. The minimum Gasteiger partial charge on any atom is -0.512 e. The Kier molecular flexibility index (Phi) is 7.24. The van der Waals surface area contributed by atoms with Crippen LogP contribution in [-0.4, -0.2) is 19.1 Å². The molecule has 0 spiro atoms. The van der Waals surface area contributed by atoms with Gasteiger partial charge in [0, 0.05) is 6.54 Å². The second-order valence-corrected chi connectivity index (χ2v) is 2.68. The van der Waals surface area contributed by atoms with E-state index >= 15 is 0 Å². The van der Waals surface area contributed by atoms with Gasteiger partial charge >= 0.3 is 0 Å². The first kappa shape index (κ1) is 12.5. The van der Waals surface area contributed by atoms with Crippen LogP contribution >= 0.6 is 0 Å². The van der Waals surface area contributed by atoms with E-state index in [4.69, 9.17) is 11.3 Å². The maximum atomic E-state index is 11.3. The number of nitrogens with zero attached hydrogens (tertiary/aromatic N) is 1. The zero-order valence-corrected chi connectivity index (χ0v) is 8.67. The van der Waals surface area contributed by atoms with Gasteiger partial charge in [-0.1, -0.05) is 13.3 Å². The first-order valence-corrected chi connectivity index (χ1v) is 4.73. The molecule has 0 fully saturated rings. The molecule has 0 aromatic carbocycles. The van der Waals surface area contributed by atoms with E-state index < -0.39 is 0 Å². The number of carbonyl (C=O) groups excluding carboxylic acids is 1. The van der Waals surface area contributed by atoms with Crippen LogP contribution in [-0.2, 0) is 9.53 Å². The number of unbranched alkanes of at least 4 members (excludes halogenated alkanes) is 1. The van der Waals surface area contributed by atoms with Crippen molar-refractivity contribution in [1.82, 2.24) is 5.32 Å². The third-order valence-electron chi connectivity index (χ3n) is 1.53. The fourth-order valence-corrected chi connectivity index (χ4v) is 0.762. The summed E-state index contributed by atoms with van der Waals surface area (Å²) in [7, 11) is 0. The van der Waals surface area contributed by atoms with Crippen LogP contribution in [0.25, 0.3) is 4.85 Å². The van der Waals surface area contributed by atoms with Crippen LogP contribution in [0.1, 0.15) is 26.7 Å². The maximum absolute atomic E-state index is 11.3. The quantitative estimate of drug-likeness (QED) is 0.304. The van der Waals surface area contributed by atoms with Crippen LogP contribution < -0.4 is 5.32 Å². The SMILES string of the molecule is [C-]#[N+]/C(=C\OCC)C(=O)NCCCC. The summed E-state index contributed by atoms with van der Waals surface area (Å²) in [4.78, 5) is 14.4. The van der Waals surface area contributed by atoms with Gasteiger partial charge in [-0.05, 0) is 13.3 Å². The summed E-state index contributed by atoms with van der Waals surface area (Å²) in [5, 5.41) is 2.64. The van der Waals surface area contributed by atoms with Crippen molar-refractivity contribution in [2.45, 2.75) is 26.7 Å². The van der Waals surface area contributed by atoms with Crippen LogP contribution in [0.2, 0.25) is 0 Å². The molecule has 0 atom stereocenters. The summed E-state index contributed by atoms with van der Waals surface area (Å²) in [6.45, 7) is 11.7. The molecule has 4 heteroatoms. The van der Waals surface area contributed by atoms with Crippen molar-refractivity contribution in [3.05, 3.63) is 23.4 Å². The van der Waals surface area contributed by atoms with E-state index in [1.165, 1.54) is 6.26 Å². The summed E-state index contributed by atoms with van der Waals surface area (Å²) < 4.78 is 4.88. The minimum atomic E-state index is -0.359. The summed E-state index contributed by atoms with van der Waals surface area (Å²) >= 11 is 0. The molecule has 0 saturated carbocycles. The topological polar surface area (TPSA) is 42.7 Å². The lowest BCUT2D eigenvalue weighted by Crippen LogP contribution is -2.25. The summed E-state index contributed by atoms with van der Waals surface area (Å²) in [6, 6.07) is 0. The van der Waals surface area contributed by atoms with Crippen molar-refractivity contribution < 1.29 is 9.53 Å². The molecule has 1 amide bonds. The largest absolute Gasteiger partial charge is 0.512 e. The van der Waals surface area contributed by atoms with Gasteiger partial charge in [0.05, 0.1) is 19.4 Å². The van der Waals surface area contributed by atoms with Gasteiger partial charge in [-0.15, -0.1) is 0 Å². The monoisotopic (exact) mass is 196 g/mol. The molecule has 0 bridgehead atoms. The molecule has 0 radical (unpaired) electrons. The van der Waals surface area contributed by atoms with Crippen molar-refractivity contribution in [2.75, 3.05) is 13.2 Å². The molecule has 0 saturated heterocycles. The molecule has 1 N–H and O–H groups in total. The zero-order valence-electron chi connectivity index (χ0n) is 8.67. The molecular weight excluding hydrogens is 180 g/mol. The average molecular weight is 196 g/mol. The van der Waals surface area contributed by atoms with Gasteiger partial charge in [0.15, 0.2) is 0 Å². The van der Waals surface area contributed by atoms with Gasteiger partial charge in [0.2, 0.25) is 0 Å². The minimum absolute atomic E-state index is 0.00273. The highest BCUT2D eigenvalue weighted by Crippen LogP contribution is 1.97. The number of ether oxygens (including phenoxy) is 1. The van der Waals surface area contributed by atoms with Crippen molar-refractivity contribution in [3.8, 4) is 0 Å². The van der Waals surface area contributed by atoms with Gasteiger partial charge in [0.25, 0.3) is 11.6 Å². The smallest absolute Gasteiger partial charge is 0.283 e. The summed E-state index contributed by atoms with van der Waals surface area (Å²) in [6.07, 6.45) is 3.14. The van der Waals surface area contributed by atoms with Crippen LogP contribution in [0.5, 0.6) is 0 Å². The number of rotatable bonds is 6. The second kappa shape index (κ2) is 8.11. The third kappa shape index (κ3) is 5.20. The van der Waals surface area contributed by atoms with E-state index in [0.29, 0.717) is 13.2 Å². The normalized spacial score (nSPS) is 10.5. The van der Waals surface area contributed by atoms with Gasteiger partial charge < -0.3 is 10.1 Å². The van der Waals surface area contributed by atoms with E-state index in [0.717, 1.165) is 12.8 Å². The molecule has 0 aliphatic heterocycles. The average Bonchev–Trinajstić information content (AvgIpc) is 2.19. The molecule has 0 aliphatic rings. The highest BCUT2D eigenvalue weighted by atomic mass is 16.5. The third-order valence-corrected chi connectivity index (χ3v) is 1.53. The fourth-order valence-electron chi connectivity index (χ4n) is 0.762. The molecule has 0 aliphatic carbocycles. The van der Waals surface area contributed by atoms with Crippen LogP contribution in [0.4, 0.5) is 0 Å². The van der Waals surface area contributed by atoms with Crippen LogP contribution in [0.15, 0.2) is 12.0 Å². The lowest BCUT2D eigenvalue weighted by atomic mass is 10.3. The van der Waals surface area contributed by atoms with Crippen molar-refractivity contribution >= 4 is 5.91 Å². The Labute approximate surface area is 84.8 Å². The standard InChI is InChI=1S/C10H16N2O2/c1-4-6-7-12-10(13)9(11-3)8-14-5-2/h8H,4-7H2,1-2H3,(H,12,13)/b9-8-. The molecule has 0 rings (SSSR count). The maximum Gasteiger partial charge on any atom is 0.283 e. The molecule has 0 aromatic heterocycles. The number of hydrogen-bond donors (Lipinski definition) is 1. The molecule has 0 heterocycles. The zero-order chi connectivity index (χ0) is 10.8. The fraction of sp³-hybridized carbons (Fsp3) is 0.600. The molecule has 0 unspecified atom stereocenters. The lowest BCUT2D eigenvalue weighted by molar-refractivity contribution is -0.117. The van der Waals surface area contributed by atoms with E-state index in [1.807, 2.05) is 6.92 Å². The predicted octanol–water partition coefficient (Wildman–Crippen LogP) is 1.70. The number of nitrogens with one attached hydrogen (secondary N) is 1. The second-order valence-electron chi connectivity index (χ2n) is 2.68. The van der Waals surface area contributed by atoms with E-state index in [9.17, 15) is 4.79 Å². The molecule has 14 heavy (non-hydrogen) atoms. The van der Waals surface area contributed by atoms with Crippen molar-refractivity contribution in [3.63, 3.8) is 0 Å². The van der Waals surface area contributed by atoms with Crippen molar-refractivity contribution in [1.29, 1.82) is 0 Å². The molecule has 78 valence electrons. The van der Waals surface area contributed by atoms with Gasteiger partial charge in [-0.3, -0.25) is 4.79 Å². The van der Waals surface area contributed by atoms with E-state index in [1.54, 1.807) is 6.92 Å². The van der Waals surface area contributed by atoms with Gasteiger partial charge in [-0.25, -0.2) is 4.85 Å². The number of carbonyl (C=O) groups is 1. The van der Waals surface area contributed by atoms with E-state index in [-0.39, 0.29) is 11.6 Å². The lowest BCUT2D eigenvalue weighted by Gasteiger charge is -2.02. The Balaban J connectivity index is 4.00. The van der Waals surface area contributed by atoms with Gasteiger partial charge in [0.1, 0.15) is 0 Å². The Bertz CT molecular complexity index is 241. The predicted molar refractivity (Wildman–Crippen MR) is 54.2 cm³/mol. The Morgan fingerprint density at radius 2 is 2.29 bits per heavy atom. The number of amides is 1. The summed E-state index contributed by atoms with van der Waals surface area (Å²) in [5.74, 6) is -0.359. The Morgan fingerprint density at radius 1 is 1.57 bits per heavy atom. The Hall–Kier alpha value is -1.50. The number of hydrogen-bond acceptors (Lipinski definition) is 2. The van der Waals surface area contributed by atoms with Gasteiger partial charge in [-0.2, -0.15) is 0 Å². The van der Waals surface area contributed by atoms with Crippen molar-refractivity contribution in [2.24, 2.45) is 0 Å². The van der Waals surface area contributed by atoms with E-state index in [2.05, 4.69) is 10.2 Å². The first-order valence-electron chi connectivity index (χ1n) is 4.73. The highest BCUT2D eigenvalue weighted by molar-refractivity contribution is 5.94. The summed E-state index contributed by atoms with van der Waals surface area (Å²) in [5.41, 5.74) is 0.00273.